The van der Waals surface area contributed by atoms with Crippen LogP contribution >= 0.6 is 0 Å². The minimum absolute atomic E-state index is 0.348. The van der Waals surface area contributed by atoms with Crippen LogP contribution in [0.25, 0.3) is 0 Å². The third-order valence-corrected chi connectivity index (χ3v) is 4.31. The van der Waals surface area contributed by atoms with Crippen LogP contribution in [0.5, 0.6) is 0 Å². The molecule has 0 spiro atoms. The summed E-state index contributed by atoms with van der Waals surface area (Å²) in [6.45, 7) is 11.1. The van der Waals surface area contributed by atoms with Gasteiger partial charge < -0.3 is 5.11 Å². The van der Waals surface area contributed by atoms with Gasteiger partial charge in [-0.15, -0.1) is 0 Å². The SMILES string of the molecule is CCCn1nc(C)c(CN2CCC(CO)CC2)c1C. The summed E-state index contributed by atoms with van der Waals surface area (Å²) in [7, 11) is 0. The highest BCUT2D eigenvalue weighted by Crippen LogP contribution is 2.21. The molecule has 0 saturated carbocycles. The smallest absolute Gasteiger partial charge is 0.0641 e. The quantitative estimate of drug-likeness (QED) is 0.886. The van der Waals surface area contributed by atoms with E-state index >= 15 is 0 Å². The van der Waals surface area contributed by atoms with Crippen LogP contribution in [-0.2, 0) is 13.1 Å². The predicted molar refractivity (Wildman–Crippen MR) is 77.1 cm³/mol. The topological polar surface area (TPSA) is 41.3 Å². The van der Waals surface area contributed by atoms with E-state index in [1.165, 1.54) is 17.0 Å². The summed E-state index contributed by atoms with van der Waals surface area (Å²) in [5.41, 5.74) is 3.90. The maximum absolute atomic E-state index is 9.19. The zero-order valence-corrected chi connectivity index (χ0v) is 12.5. The van der Waals surface area contributed by atoms with E-state index in [-0.39, 0.29) is 0 Å². The second-order valence-electron chi connectivity index (χ2n) is 5.77. The molecule has 0 bridgehead atoms. The average molecular weight is 265 g/mol. The van der Waals surface area contributed by atoms with E-state index in [0.29, 0.717) is 12.5 Å². The van der Waals surface area contributed by atoms with E-state index in [4.69, 9.17) is 0 Å². The highest BCUT2D eigenvalue weighted by molar-refractivity contribution is 5.24. The molecule has 0 atom stereocenters. The van der Waals surface area contributed by atoms with Crippen LogP contribution in [0.1, 0.15) is 43.1 Å². The molecule has 1 aromatic rings. The number of aliphatic hydroxyl groups excluding tert-OH is 1. The van der Waals surface area contributed by atoms with Crippen LogP contribution in [0.15, 0.2) is 0 Å². The molecule has 108 valence electrons. The Morgan fingerprint density at radius 3 is 2.53 bits per heavy atom. The van der Waals surface area contributed by atoms with Crippen molar-refractivity contribution >= 4 is 0 Å². The Hall–Kier alpha value is -0.870. The van der Waals surface area contributed by atoms with Crippen molar-refractivity contribution in [2.75, 3.05) is 19.7 Å². The fraction of sp³-hybridized carbons (Fsp3) is 0.800. The van der Waals surface area contributed by atoms with Gasteiger partial charge in [-0.1, -0.05) is 6.92 Å². The fourth-order valence-corrected chi connectivity index (χ4v) is 2.94. The molecule has 19 heavy (non-hydrogen) atoms. The van der Waals surface area contributed by atoms with Crippen molar-refractivity contribution in [3.05, 3.63) is 17.0 Å². The molecule has 2 rings (SSSR count). The molecule has 2 heterocycles. The van der Waals surface area contributed by atoms with Crippen LogP contribution in [0.4, 0.5) is 0 Å². The van der Waals surface area contributed by atoms with Crippen molar-refractivity contribution in [2.45, 2.75) is 53.1 Å². The molecular formula is C15H27N3O. The van der Waals surface area contributed by atoms with Gasteiger partial charge in [0.2, 0.25) is 0 Å². The molecule has 0 aromatic carbocycles. The first-order chi connectivity index (χ1) is 9.15. The third-order valence-electron chi connectivity index (χ3n) is 4.31. The molecular weight excluding hydrogens is 238 g/mol. The van der Waals surface area contributed by atoms with Crippen molar-refractivity contribution in [3.63, 3.8) is 0 Å². The summed E-state index contributed by atoms with van der Waals surface area (Å²) >= 11 is 0. The third kappa shape index (κ3) is 3.37. The van der Waals surface area contributed by atoms with Gasteiger partial charge in [0, 0.05) is 31.0 Å². The number of nitrogens with zero attached hydrogens (tertiary/aromatic N) is 3. The second kappa shape index (κ2) is 6.53. The molecule has 4 heteroatoms. The molecule has 0 unspecified atom stereocenters. The van der Waals surface area contributed by atoms with Crippen molar-refractivity contribution in [1.82, 2.24) is 14.7 Å². The number of hydrogen-bond donors (Lipinski definition) is 1. The van der Waals surface area contributed by atoms with E-state index in [9.17, 15) is 5.11 Å². The fourth-order valence-electron chi connectivity index (χ4n) is 2.94. The first-order valence-corrected chi connectivity index (χ1v) is 7.51. The number of aryl methyl sites for hydroxylation is 2. The molecule has 1 fully saturated rings. The Labute approximate surface area is 116 Å². The van der Waals surface area contributed by atoms with Crippen LogP contribution in [0.3, 0.4) is 0 Å². The summed E-state index contributed by atoms with van der Waals surface area (Å²) in [5, 5.41) is 13.8. The average Bonchev–Trinajstić information content (AvgIpc) is 2.68. The highest BCUT2D eigenvalue weighted by Gasteiger charge is 2.21. The van der Waals surface area contributed by atoms with Crippen LogP contribution < -0.4 is 0 Å². The molecule has 4 nitrogen and oxygen atoms in total. The maximum Gasteiger partial charge on any atom is 0.0641 e. The first kappa shape index (κ1) is 14.5. The van der Waals surface area contributed by atoms with Gasteiger partial charge in [0.15, 0.2) is 0 Å². The van der Waals surface area contributed by atoms with Crippen LogP contribution in [0, 0.1) is 19.8 Å². The lowest BCUT2D eigenvalue weighted by Crippen LogP contribution is -2.34. The Balaban J connectivity index is 1.99. The van der Waals surface area contributed by atoms with Gasteiger partial charge in [-0.25, -0.2) is 0 Å². The Morgan fingerprint density at radius 2 is 1.95 bits per heavy atom. The van der Waals surface area contributed by atoms with Gasteiger partial charge >= 0.3 is 0 Å². The van der Waals surface area contributed by atoms with Crippen molar-refractivity contribution in [3.8, 4) is 0 Å². The number of piperidine rings is 1. The standard InChI is InChI=1S/C15H27N3O/c1-4-7-18-13(3)15(12(2)16-18)10-17-8-5-14(11-19)6-9-17/h14,19H,4-11H2,1-3H3. The lowest BCUT2D eigenvalue weighted by Gasteiger charge is -2.31. The monoisotopic (exact) mass is 265 g/mol. The number of rotatable bonds is 5. The summed E-state index contributed by atoms with van der Waals surface area (Å²) in [6.07, 6.45) is 3.37. The van der Waals surface area contributed by atoms with Gasteiger partial charge in [0.05, 0.1) is 5.69 Å². The minimum Gasteiger partial charge on any atom is -0.396 e. The van der Waals surface area contributed by atoms with E-state index < -0.39 is 0 Å². The zero-order chi connectivity index (χ0) is 13.8. The molecule has 0 aliphatic carbocycles. The summed E-state index contributed by atoms with van der Waals surface area (Å²) in [6, 6.07) is 0. The number of likely N-dealkylation sites (tertiary alicyclic amines) is 1. The largest absolute Gasteiger partial charge is 0.396 e. The van der Waals surface area contributed by atoms with Gasteiger partial charge in [0.1, 0.15) is 0 Å². The highest BCUT2D eigenvalue weighted by atomic mass is 16.3. The summed E-state index contributed by atoms with van der Waals surface area (Å²) in [5.74, 6) is 0.515. The number of aromatic nitrogens is 2. The van der Waals surface area contributed by atoms with Crippen LogP contribution in [0.2, 0.25) is 0 Å². The summed E-state index contributed by atoms with van der Waals surface area (Å²) < 4.78 is 2.14. The van der Waals surface area contributed by atoms with E-state index in [0.717, 1.165) is 45.4 Å². The van der Waals surface area contributed by atoms with E-state index in [2.05, 4.69) is 35.5 Å². The second-order valence-corrected chi connectivity index (χ2v) is 5.77. The molecule has 1 aliphatic heterocycles. The maximum atomic E-state index is 9.19. The van der Waals surface area contributed by atoms with Crippen molar-refractivity contribution in [2.24, 2.45) is 5.92 Å². The minimum atomic E-state index is 0.348. The normalized spacial score (nSPS) is 18.1. The molecule has 0 radical (unpaired) electrons. The Morgan fingerprint density at radius 1 is 1.26 bits per heavy atom. The van der Waals surface area contributed by atoms with E-state index in [1.54, 1.807) is 0 Å². The Kier molecular flexibility index (Phi) is 4.99. The van der Waals surface area contributed by atoms with Gasteiger partial charge in [-0.3, -0.25) is 9.58 Å². The first-order valence-electron chi connectivity index (χ1n) is 7.51. The van der Waals surface area contributed by atoms with Crippen molar-refractivity contribution in [1.29, 1.82) is 0 Å². The molecule has 1 saturated heterocycles. The zero-order valence-electron chi connectivity index (χ0n) is 12.5. The molecule has 1 aromatic heterocycles. The predicted octanol–water partition coefficient (Wildman–Crippen LogP) is 2.11. The van der Waals surface area contributed by atoms with Gasteiger partial charge in [-0.05, 0) is 52.1 Å². The lowest BCUT2D eigenvalue weighted by atomic mass is 9.97. The number of hydrogen-bond acceptors (Lipinski definition) is 3. The van der Waals surface area contributed by atoms with Gasteiger partial charge in [-0.2, -0.15) is 5.10 Å². The van der Waals surface area contributed by atoms with Crippen LogP contribution in [-0.4, -0.2) is 39.5 Å². The summed E-state index contributed by atoms with van der Waals surface area (Å²) in [4.78, 5) is 2.50. The molecule has 1 N–H and O–H groups in total. The van der Waals surface area contributed by atoms with Gasteiger partial charge in [0.25, 0.3) is 0 Å². The molecule has 1 aliphatic rings. The Bertz CT molecular complexity index is 406. The lowest BCUT2D eigenvalue weighted by molar-refractivity contribution is 0.127. The van der Waals surface area contributed by atoms with Crippen molar-refractivity contribution < 1.29 is 5.11 Å². The number of aliphatic hydroxyl groups is 1. The molecule has 0 amide bonds. The van der Waals surface area contributed by atoms with E-state index in [1.807, 2.05) is 0 Å².